The Morgan fingerprint density at radius 3 is 2.34 bits per heavy atom. The number of Topliss-reactive ketones (excluding diaryl/α,β-unsaturated/α-hetero) is 1. The molecule has 1 unspecified atom stereocenters. The Labute approximate surface area is 258 Å². The highest BCUT2D eigenvalue weighted by atomic mass is 35.5. The van der Waals surface area contributed by atoms with Gasteiger partial charge < -0.3 is 10.1 Å². The lowest BCUT2D eigenvalue weighted by Gasteiger charge is -2.16. The van der Waals surface area contributed by atoms with Crippen molar-refractivity contribution in [2.45, 2.75) is 65.5 Å². The fourth-order valence-corrected chi connectivity index (χ4v) is 4.78. The lowest BCUT2D eigenvalue weighted by molar-refractivity contribution is -0.152. The van der Waals surface area contributed by atoms with Crippen LogP contribution in [0.4, 0.5) is 14.5 Å². The maximum Gasteiger partial charge on any atom is 0.307 e. The number of nitrogens with one attached hydrogen (secondary N) is 1. The third-order valence-corrected chi connectivity index (χ3v) is 7.35. The second-order valence-electron chi connectivity index (χ2n) is 10.3. The number of ether oxygens (including phenoxy) is 1. The van der Waals surface area contributed by atoms with Crippen molar-refractivity contribution in [3.05, 3.63) is 82.6 Å². The van der Waals surface area contributed by atoms with Gasteiger partial charge in [-0.15, -0.1) is 0 Å². The summed E-state index contributed by atoms with van der Waals surface area (Å²) in [5.41, 5.74) is 0.0255. The first kappa shape index (κ1) is 32.5. The molecule has 0 aliphatic rings. The van der Waals surface area contributed by atoms with Crippen LogP contribution in [0, 0.1) is 11.6 Å². The number of hydrogen-bond donors (Lipinski definition) is 1. The van der Waals surface area contributed by atoms with Crippen LogP contribution in [0.5, 0.6) is 0 Å². The van der Waals surface area contributed by atoms with E-state index in [2.05, 4.69) is 10.3 Å². The lowest BCUT2D eigenvalue weighted by Crippen LogP contribution is -2.23. The number of rotatable bonds is 13. The Balaban J connectivity index is 1.80. The summed E-state index contributed by atoms with van der Waals surface area (Å²) in [7, 11) is 0. The summed E-state index contributed by atoms with van der Waals surface area (Å²) in [4.78, 5) is 55.2. The Hall–Kier alpha value is -4.44. The minimum Gasteiger partial charge on any atom is -0.441 e. The van der Waals surface area contributed by atoms with Crippen LogP contribution in [0.15, 0.2) is 54.9 Å². The number of fused-ring (bicyclic) bond motifs is 1. The summed E-state index contributed by atoms with van der Waals surface area (Å²) in [6.07, 6.45) is 4.78. The van der Waals surface area contributed by atoms with E-state index >= 15 is 8.78 Å². The molecule has 11 heteroatoms. The number of amides is 1. The van der Waals surface area contributed by atoms with Crippen molar-refractivity contribution in [3.8, 4) is 11.1 Å². The zero-order chi connectivity index (χ0) is 32.0. The molecule has 2 heterocycles. The molecule has 4 rings (SSSR count). The zero-order valence-electron chi connectivity index (χ0n) is 24.6. The lowest BCUT2D eigenvalue weighted by atomic mass is 9.99. The molecule has 1 N–H and O–H groups in total. The summed E-state index contributed by atoms with van der Waals surface area (Å²) < 4.78 is 37.8. The highest BCUT2D eigenvalue weighted by molar-refractivity contribution is 6.40. The van der Waals surface area contributed by atoms with E-state index in [0.717, 1.165) is 24.1 Å². The Morgan fingerprint density at radius 1 is 0.977 bits per heavy atom. The molecular weight excluding hydrogens is 592 g/mol. The zero-order valence-corrected chi connectivity index (χ0v) is 25.3. The van der Waals surface area contributed by atoms with Gasteiger partial charge in [0.2, 0.25) is 11.6 Å². The standard InChI is InChI=1S/C33H32ClF2N3O5/c1-4-6-8-27(40)33(43)38-26-15-14-25(35)29(30(26)36)31(42)24-18-39(19(3)44-28(41)9-7-5-2)32-23(24)16-21(17-37-32)20-10-12-22(34)13-11-20/h10-19H,4-9H2,1-3H3,(H,38,43). The van der Waals surface area contributed by atoms with Crippen molar-refractivity contribution >= 4 is 51.8 Å². The SMILES string of the molecule is CCCCC(=O)OC(C)n1cc(C(=O)c2c(F)ccc(NC(=O)C(=O)CCCC)c2F)c2cc(-c3ccc(Cl)cc3)cnc21. The number of pyridine rings is 1. The molecule has 1 amide bonds. The number of hydrogen-bond acceptors (Lipinski definition) is 6. The van der Waals surface area contributed by atoms with Crippen LogP contribution in [0.3, 0.4) is 0 Å². The average Bonchev–Trinajstić information content (AvgIpc) is 3.39. The van der Waals surface area contributed by atoms with Gasteiger partial charge in [-0.05, 0) is 55.7 Å². The summed E-state index contributed by atoms with van der Waals surface area (Å²) in [6, 6.07) is 10.3. The molecule has 230 valence electrons. The van der Waals surface area contributed by atoms with Crippen LogP contribution in [-0.4, -0.2) is 33.0 Å². The van der Waals surface area contributed by atoms with Crippen molar-refractivity contribution in [3.63, 3.8) is 0 Å². The summed E-state index contributed by atoms with van der Waals surface area (Å²) in [5, 5.41) is 2.93. The first-order valence-electron chi connectivity index (χ1n) is 14.4. The van der Waals surface area contributed by atoms with E-state index in [0.29, 0.717) is 29.8 Å². The van der Waals surface area contributed by atoms with Crippen molar-refractivity contribution < 1.29 is 32.7 Å². The molecule has 4 aromatic rings. The fraction of sp³-hybridized carbons (Fsp3) is 0.303. The second-order valence-corrected chi connectivity index (χ2v) is 10.8. The molecular formula is C33H32ClF2N3O5. The van der Waals surface area contributed by atoms with E-state index in [1.54, 1.807) is 43.5 Å². The fourth-order valence-electron chi connectivity index (χ4n) is 4.65. The summed E-state index contributed by atoms with van der Waals surface area (Å²) in [5.74, 6) is -5.78. The van der Waals surface area contributed by atoms with E-state index in [1.807, 2.05) is 13.8 Å². The number of benzene rings is 2. The summed E-state index contributed by atoms with van der Waals surface area (Å²) in [6.45, 7) is 5.39. The molecule has 0 aliphatic carbocycles. The number of nitrogens with zero attached hydrogens (tertiary/aromatic N) is 2. The van der Waals surface area contributed by atoms with E-state index < -0.39 is 52.6 Å². The van der Waals surface area contributed by atoms with Crippen LogP contribution in [0.1, 0.15) is 81.4 Å². The number of esters is 1. The third-order valence-electron chi connectivity index (χ3n) is 7.10. The number of halogens is 3. The van der Waals surface area contributed by atoms with Crippen molar-refractivity contribution in [2.24, 2.45) is 0 Å². The van der Waals surface area contributed by atoms with E-state index in [4.69, 9.17) is 16.3 Å². The van der Waals surface area contributed by atoms with Gasteiger partial charge in [-0.1, -0.05) is 50.4 Å². The van der Waals surface area contributed by atoms with Gasteiger partial charge in [0.25, 0.3) is 5.91 Å². The minimum atomic E-state index is -1.33. The highest BCUT2D eigenvalue weighted by Crippen LogP contribution is 2.32. The third kappa shape index (κ3) is 7.19. The molecule has 0 saturated carbocycles. The molecule has 0 aliphatic heterocycles. The highest BCUT2D eigenvalue weighted by Gasteiger charge is 2.28. The van der Waals surface area contributed by atoms with Crippen LogP contribution < -0.4 is 5.32 Å². The molecule has 0 fully saturated rings. The quantitative estimate of drug-likeness (QED) is 0.0924. The first-order valence-corrected chi connectivity index (χ1v) is 14.8. The predicted octanol–water partition coefficient (Wildman–Crippen LogP) is 7.82. The number of unbranched alkanes of at least 4 members (excludes halogenated alkanes) is 2. The number of ketones is 2. The molecule has 8 nitrogen and oxygen atoms in total. The second kappa shape index (κ2) is 14.4. The Kier molecular flexibility index (Phi) is 10.6. The minimum absolute atomic E-state index is 0.0272. The normalized spacial score (nSPS) is 11.8. The maximum atomic E-state index is 15.7. The maximum absolute atomic E-state index is 15.7. The van der Waals surface area contributed by atoms with Gasteiger partial charge in [0.1, 0.15) is 11.5 Å². The number of carbonyl (C=O) groups excluding carboxylic acids is 4. The topological polar surface area (TPSA) is 107 Å². The number of aromatic nitrogens is 2. The molecule has 44 heavy (non-hydrogen) atoms. The molecule has 0 saturated heterocycles. The van der Waals surface area contributed by atoms with Crippen LogP contribution in [0.25, 0.3) is 22.2 Å². The van der Waals surface area contributed by atoms with Gasteiger partial charge in [-0.2, -0.15) is 0 Å². The largest absolute Gasteiger partial charge is 0.441 e. The van der Waals surface area contributed by atoms with Gasteiger partial charge in [0.15, 0.2) is 12.0 Å². The van der Waals surface area contributed by atoms with E-state index in [9.17, 15) is 19.2 Å². The smallest absolute Gasteiger partial charge is 0.307 e. The van der Waals surface area contributed by atoms with Crippen molar-refractivity contribution in [1.29, 1.82) is 0 Å². The summed E-state index contributed by atoms with van der Waals surface area (Å²) >= 11 is 6.03. The molecule has 1 atom stereocenters. The van der Waals surface area contributed by atoms with Gasteiger partial charge in [0.05, 0.1) is 16.8 Å². The first-order chi connectivity index (χ1) is 21.0. The van der Waals surface area contributed by atoms with E-state index in [-0.39, 0.29) is 29.4 Å². The average molecular weight is 624 g/mol. The van der Waals surface area contributed by atoms with Gasteiger partial charge >= 0.3 is 5.97 Å². The molecule has 2 aromatic carbocycles. The molecule has 2 aromatic heterocycles. The molecule has 0 radical (unpaired) electrons. The Bertz CT molecular complexity index is 1720. The van der Waals surface area contributed by atoms with Crippen molar-refractivity contribution in [1.82, 2.24) is 9.55 Å². The van der Waals surface area contributed by atoms with Gasteiger partial charge in [-0.3, -0.25) is 23.7 Å². The van der Waals surface area contributed by atoms with E-state index in [1.165, 1.54) is 10.8 Å². The molecule has 0 spiro atoms. The van der Waals surface area contributed by atoms with Gasteiger partial charge in [-0.25, -0.2) is 13.8 Å². The number of anilines is 1. The van der Waals surface area contributed by atoms with Crippen LogP contribution in [-0.2, 0) is 19.1 Å². The Morgan fingerprint density at radius 2 is 1.66 bits per heavy atom. The monoisotopic (exact) mass is 623 g/mol. The van der Waals surface area contributed by atoms with Gasteiger partial charge in [0, 0.05) is 41.2 Å². The van der Waals surface area contributed by atoms with Crippen molar-refractivity contribution in [2.75, 3.05) is 5.32 Å². The predicted molar refractivity (Wildman–Crippen MR) is 163 cm³/mol. The van der Waals surface area contributed by atoms with Crippen LogP contribution >= 0.6 is 11.6 Å². The van der Waals surface area contributed by atoms with Crippen LogP contribution in [0.2, 0.25) is 5.02 Å². The molecule has 0 bridgehead atoms. The number of carbonyl (C=O) groups is 4.